The topological polar surface area (TPSA) is 9.23 Å². The van der Waals surface area contributed by atoms with Gasteiger partial charge in [0.15, 0.2) is 0 Å². The molecule has 13 heavy (non-hydrogen) atoms. The van der Waals surface area contributed by atoms with Crippen LogP contribution < -0.4 is 0 Å². The van der Waals surface area contributed by atoms with E-state index in [4.69, 9.17) is 4.74 Å². The molecule has 1 aromatic rings. The van der Waals surface area contributed by atoms with E-state index in [1.165, 1.54) is 11.1 Å². The minimum absolute atomic E-state index is 0.309. The molecule has 0 spiro atoms. The van der Waals surface area contributed by atoms with Crippen LogP contribution in [-0.2, 0) is 15.8 Å². The number of rotatable bonds is 4. The summed E-state index contributed by atoms with van der Waals surface area (Å²) in [4.78, 5) is 0. The van der Waals surface area contributed by atoms with Gasteiger partial charge in [0.05, 0.1) is 12.7 Å². The Morgan fingerprint density at radius 1 is 1.31 bits per heavy atom. The zero-order valence-electron chi connectivity index (χ0n) is 8.09. The molecule has 1 rings (SSSR count). The van der Waals surface area contributed by atoms with Gasteiger partial charge in [-0.2, -0.15) is 0 Å². The van der Waals surface area contributed by atoms with Crippen LogP contribution in [0.2, 0.25) is 0 Å². The number of benzene rings is 1. The van der Waals surface area contributed by atoms with Crippen LogP contribution in [0.25, 0.3) is 0 Å². The molecule has 0 aliphatic carbocycles. The molecule has 0 unspecified atom stereocenters. The molecule has 0 atom stereocenters. The maximum atomic E-state index is 5.52. The molecule has 72 valence electrons. The first-order valence-electron chi connectivity index (χ1n) is 4.47. The first kappa shape index (κ1) is 11.0. The molecule has 0 amide bonds. The third kappa shape index (κ3) is 4.09. The Labute approximate surface area is 93.6 Å². The molecule has 0 aliphatic heterocycles. The van der Waals surface area contributed by atoms with Crippen molar-refractivity contribution in [2.75, 3.05) is 0 Å². The SMILES string of the molecule is CC(C)OCc1cccc(CI)c1. The van der Waals surface area contributed by atoms with E-state index in [-0.39, 0.29) is 0 Å². The maximum Gasteiger partial charge on any atom is 0.0720 e. The minimum atomic E-state index is 0.309. The predicted octanol–water partition coefficient (Wildman–Crippen LogP) is 3.55. The van der Waals surface area contributed by atoms with Crippen molar-refractivity contribution in [3.8, 4) is 0 Å². The van der Waals surface area contributed by atoms with Crippen molar-refractivity contribution >= 4 is 22.6 Å². The molecule has 0 N–H and O–H groups in total. The molecule has 0 heterocycles. The van der Waals surface area contributed by atoms with Crippen LogP contribution >= 0.6 is 22.6 Å². The summed E-state index contributed by atoms with van der Waals surface area (Å²) in [7, 11) is 0. The van der Waals surface area contributed by atoms with E-state index >= 15 is 0 Å². The zero-order valence-corrected chi connectivity index (χ0v) is 10.2. The smallest absolute Gasteiger partial charge is 0.0720 e. The fourth-order valence-electron chi connectivity index (χ4n) is 1.07. The lowest BCUT2D eigenvalue weighted by molar-refractivity contribution is 0.0657. The van der Waals surface area contributed by atoms with E-state index in [0.717, 1.165) is 11.0 Å². The zero-order chi connectivity index (χ0) is 9.68. The highest BCUT2D eigenvalue weighted by atomic mass is 127. The van der Waals surface area contributed by atoms with Gasteiger partial charge in [-0.1, -0.05) is 46.9 Å². The highest BCUT2D eigenvalue weighted by molar-refractivity contribution is 14.1. The van der Waals surface area contributed by atoms with Gasteiger partial charge < -0.3 is 4.74 Å². The molecule has 0 saturated carbocycles. The molecule has 0 radical (unpaired) electrons. The quantitative estimate of drug-likeness (QED) is 0.608. The van der Waals surface area contributed by atoms with E-state index < -0.39 is 0 Å². The molecule has 1 nitrogen and oxygen atoms in total. The Kier molecular flexibility index (Phi) is 4.73. The van der Waals surface area contributed by atoms with Crippen LogP contribution in [0.3, 0.4) is 0 Å². The number of alkyl halides is 1. The summed E-state index contributed by atoms with van der Waals surface area (Å²) in [6.45, 7) is 4.84. The van der Waals surface area contributed by atoms with Crippen LogP contribution in [0, 0.1) is 0 Å². The summed E-state index contributed by atoms with van der Waals surface area (Å²) in [5.41, 5.74) is 2.63. The lowest BCUT2D eigenvalue weighted by Crippen LogP contribution is -2.02. The maximum absolute atomic E-state index is 5.52. The van der Waals surface area contributed by atoms with Crippen LogP contribution in [0.15, 0.2) is 24.3 Å². The van der Waals surface area contributed by atoms with Gasteiger partial charge in [0.25, 0.3) is 0 Å². The first-order valence-corrected chi connectivity index (χ1v) is 6.00. The number of ether oxygens (including phenoxy) is 1. The van der Waals surface area contributed by atoms with Crippen LogP contribution in [0.1, 0.15) is 25.0 Å². The molecule has 1 aromatic carbocycles. The Bertz CT molecular complexity index is 258. The van der Waals surface area contributed by atoms with E-state index in [2.05, 4.69) is 60.7 Å². The molecule has 0 aromatic heterocycles. The Morgan fingerprint density at radius 3 is 2.62 bits per heavy atom. The third-order valence-electron chi connectivity index (χ3n) is 1.73. The van der Waals surface area contributed by atoms with Gasteiger partial charge in [-0.05, 0) is 25.0 Å². The Morgan fingerprint density at radius 2 is 2.00 bits per heavy atom. The largest absolute Gasteiger partial charge is 0.374 e. The number of hydrogen-bond acceptors (Lipinski definition) is 1. The fraction of sp³-hybridized carbons (Fsp3) is 0.455. The van der Waals surface area contributed by atoms with Crippen molar-refractivity contribution in [3.05, 3.63) is 35.4 Å². The number of halogens is 1. The predicted molar refractivity (Wildman–Crippen MR) is 64.1 cm³/mol. The normalized spacial score (nSPS) is 10.8. The molecule has 0 aliphatic rings. The third-order valence-corrected chi connectivity index (χ3v) is 2.61. The summed E-state index contributed by atoms with van der Waals surface area (Å²) < 4.78 is 6.59. The van der Waals surface area contributed by atoms with Gasteiger partial charge in [0, 0.05) is 4.43 Å². The van der Waals surface area contributed by atoms with Gasteiger partial charge >= 0.3 is 0 Å². The first-order chi connectivity index (χ1) is 6.22. The van der Waals surface area contributed by atoms with Gasteiger partial charge in [-0.3, -0.25) is 0 Å². The Balaban J connectivity index is 2.56. The van der Waals surface area contributed by atoms with E-state index in [1.54, 1.807) is 0 Å². The Hall–Kier alpha value is -0.0900. The summed E-state index contributed by atoms with van der Waals surface area (Å²) in [6.07, 6.45) is 0.309. The molecule has 2 heteroatoms. The molecular weight excluding hydrogens is 275 g/mol. The van der Waals surface area contributed by atoms with E-state index in [1.807, 2.05) is 0 Å². The van der Waals surface area contributed by atoms with Crippen molar-refractivity contribution in [1.29, 1.82) is 0 Å². The van der Waals surface area contributed by atoms with Crippen molar-refractivity contribution in [2.45, 2.75) is 31.0 Å². The lowest BCUT2D eigenvalue weighted by atomic mass is 10.1. The summed E-state index contributed by atoms with van der Waals surface area (Å²) >= 11 is 2.37. The monoisotopic (exact) mass is 290 g/mol. The van der Waals surface area contributed by atoms with Gasteiger partial charge in [-0.15, -0.1) is 0 Å². The minimum Gasteiger partial charge on any atom is -0.374 e. The average Bonchev–Trinajstić information content (AvgIpc) is 2.15. The second-order valence-corrected chi connectivity index (χ2v) is 4.08. The summed E-state index contributed by atoms with van der Waals surface area (Å²) in [6, 6.07) is 8.55. The standard InChI is InChI=1S/C11H15IO/c1-9(2)13-8-11-5-3-4-10(6-11)7-12/h3-6,9H,7-8H2,1-2H3. The summed E-state index contributed by atoms with van der Waals surface area (Å²) in [5, 5.41) is 0. The summed E-state index contributed by atoms with van der Waals surface area (Å²) in [5.74, 6) is 0. The highest BCUT2D eigenvalue weighted by Gasteiger charge is 1.97. The molecule has 0 fully saturated rings. The van der Waals surface area contributed by atoms with Crippen molar-refractivity contribution in [3.63, 3.8) is 0 Å². The van der Waals surface area contributed by atoms with Crippen LogP contribution in [0.4, 0.5) is 0 Å². The molecule has 0 bridgehead atoms. The van der Waals surface area contributed by atoms with E-state index in [0.29, 0.717) is 6.10 Å². The number of hydrogen-bond donors (Lipinski definition) is 0. The van der Waals surface area contributed by atoms with Gasteiger partial charge in [0.1, 0.15) is 0 Å². The van der Waals surface area contributed by atoms with Crippen molar-refractivity contribution in [1.82, 2.24) is 0 Å². The lowest BCUT2D eigenvalue weighted by Gasteiger charge is -2.07. The van der Waals surface area contributed by atoms with Crippen LogP contribution in [0.5, 0.6) is 0 Å². The average molecular weight is 290 g/mol. The van der Waals surface area contributed by atoms with Crippen LogP contribution in [-0.4, -0.2) is 6.10 Å². The highest BCUT2D eigenvalue weighted by Crippen LogP contribution is 2.10. The molecule has 0 saturated heterocycles. The second-order valence-electron chi connectivity index (χ2n) is 3.31. The van der Waals surface area contributed by atoms with Crippen molar-refractivity contribution in [2.24, 2.45) is 0 Å². The fourth-order valence-corrected chi connectivity index (χ4v) is 1.54. The molecular formula is C11H15IO. The van der Waals surface area contributed by atoms with Crippen molar-refractivity contribution < 1.29 is 4.74 Å². The second kappa shape index (κ2) is 5.60. The van der Waals surface area contributed by atoms with E-state index in [9.17, 15) is 0 Å². The van der Waals surface area contributed by atoms with Gasteiger partial charge in [-0.25, -0.2) is 0 Å². The van der Waals surface area contributed by atoms with Gasteiger partial charge in [0.2, 0.25) is 0 Å².